The summed E-state index contributed by atoms with van der Waals surface area (Å²) in [5, 5.41) is 9.52. The van der Waals surface area contributed by atoms with Crippen LogP contribution in [0.2, 0.25) is 0 Å². The molecular formula is C16H22N2S. The first-order valence-electron chi connectivity index (χ1n) is 7.10. The van der Waals surface area contributed by atoms with E-state index < -0.39 is 0 Å². The molecule has 0 amide bonds. The molecule has 1 aromatic carbocycles. The molecule has 0 bridgehead atoms. The minimum Gasteiger partial charge on any atom is -0.368 e. The van der Waals surface area contributed by atoms with Gasteiger partial charge in [-0.25, -0.2) is 0 Å². The Bertz CT molecular complexity index is 472. The maximum absolute atomic E-state index is 9.52. The van der Waals surface area contributed by atoms with Gasteiger partial charge in [0.05, 0.1) is 11.3 Å². The first-order chi connectivity index (χ1) is 9.17. The van der Waals surface area contributed by atoms with Gasteiger partial charge in [-0.3, -0.25) is 0 Å². The van der Waals surface area contributed by atoms with Crippen molar-refractivity contribution < 1.29 is 0 Å². The molecule has 0 saturated heterocycles. The maximum atomic E-state index is 9.52. The van der Waals surface area contributed by atoms with Gasteiger partial charge in [0.2, 0.25) is 0 Å². The monoisotopic (exact) mass is 274 g/mol. The standard InChI is InChI=1S/C16H22N2S/c1-4-19-16-7-5-6-15(14(16)10-17)18(12(2)3)11-13-8-9-13/h5-7,12-13H,4,8-9,11H2,1-3H3. The molecule has 0 unspecified atom stereocenters. The Kier molecular flexibility index (Phi) is 4.76. The second kappa shape index (κ2) is 6.34. The van der Waals surface area contributed by atoms with E-state index in [2.05, 4.69) is 49.9 Å². The lowest BCUT2D eigenvalue weighted by Crippen LogP contribution is -2.33. The molecule has 0 atom stereocenters. The minimum absolute atomic E-state index is 0.439. The molecule has 1 saturated carbocycles. The molecule has 1 aliphatic carbocycles. The van der Waals surface area contributed by atoms with Crippen LogP contribution in [-0.2, 0) is 0 Å². The van der Waals surface area contributed by atoms with Crippen LogP contribution < -0.4 is 4.90 Å². The van der Waals surface area contributed by atoms with Gasteiger partial charge in [0.25, 0.3) is 0 Å². The summed E-state index contributed by atoms with van der Waals surface area (Å²) >= 11 is 1.76. The number of rotatable bonds is 6. The number of hydrogen-bond donors (Lipinski definition) is 0. The summed E-state index contributed by atoms with van der Waals surface area (Å²) in [6.07, 6.45) is 2.68. The Morgan fingerprint density at radius 2 is 2.16 bits per heavy atom. The molecule has 102 valence electrons. The van der Waals surface area contributed by atoms with E-state index >= 15 is 0 Å². The van der Waals surface area contributed by atoms with E-state index in [0.29, 0.717) is 6.04 Å². The fourth-order valence-corrected chi connectivity index (χ4v) is 3.09. The van der Waals surface area contributed by atoms with E-state index in [4.69, 9.17) is 0 Å². The maximum Gasteiger partial charge on any atom is 0.103 e. The summed E-state index contributed by atoms with van der Waals surface area (Å²) in [5.41, 5.74) is 1.96. The van der Waals surface area contributed by atoms with Gasteiger partial charge < -0.3 is 4.90 Å². The number of nitriles is 1. The summed E-state index contributed by atoms with van der Waals surface area (Å²) in [6.45, 7) is 7.64. The Labute approximate surface area is 120 Å². The summed E-state index contributed by atoms with van der Waals surface area (Å²) in [5.74, 6) is 1.83. The van der Waals surface area contributed by atoms with E-state index in [-0.39, 0.29) is 0 Å². The van der Waals surface area contributed by atoms with Crippen LogP contribution in [0, 0.1) is 17.2 Å². The van der Waals surface area contributed by atoms with E-state index in [1.807, 2.05) is 0 Å². The third-order valence-electron chi connectivity index (χ3n) is 3.50. The number of anilines is 1. The van der Waals surface area contributed by atoms with Gasteiger partial charge in [-0.05, 0) is 50.5 Å². The molecular weight excluding hydrogens is 252 g/mol. The highest BCUT2D eigenvalue weighted by Crippen LogP contribution is 2.35. The molecule has 0 radical (unpaired) electrons. The van der Waals surface area contributed by atoms with Crippen LogP contribution in [-0.4, -0.2) is 18.3 Å². The molecule has 0 N–H and O–H groups in total. The quantitative estimate of drug-likeness (QED) is 0.724. The van der Waals surface area contributed by atoms with E-state index in [9.17, 15) is 5.26 Å². The van der Waals surface area contributed by atoms with Gasteiger partial charge in [0.1, 0.15) is 6.07 Å². The zero-order valence-electron chi connectivity index (χ0n) is 12.0. The Morgan fingerprint density at radius 1 is 1.42 bits per heavy atom. The molecule has 19 heavy (non-hydrogen) atoms. The van der Waals surface area contributed by atoms with Crippen molar-refractivity contribution in [1.29, 1.82) is 5.26 Å². The molecule has 1 aromatic rings. The fourth-order valence-electron chi connectivity index (χ4n) is 2.31. The lowest BCUT2D eigenvalue weighted by atomic mass is 10.1. The molecule has 3 heteroatoms. The topological polar surface area (TPSA) is 27.0 Å². The number of nitrogens with zero attached hydrogens (tertiary/aromatic N) is 2. The number of hydrogen-bond acceptors (Lipinski definition) is 3. The second-order valence-electron chi connectivity index (χ2n) is 5.38. The van der Waals surface area contributed by atoms with E-state index in [0.717, 1.165) is 34.4 Å². The van der Waals surface area contributed by atoms with Gasteiger partial charge in [-0.2, -0.15) is 5.26 Å². The van der Waals surface area contributed by atoms with Crippen molar-refractivity contribution in [3.05, 3.63) is 23.8 Å². The number of thioether (sulfide) groups is 1. The molecule has 1 aliphatic rings. The minimum atomic E-state index is 0.439. The average Bonchev–Trinajstić information content (AvgIpc) is 3.20. The van der Waals surface area contributed by atoms with Crippen molar-refractivity contribution >= 4 is 17.4 Å². The third kappa shape index (κ3) is 3.45. The van der Waals surface area contributed by atoms with E-state index in [1.165, 1.54) is 12.8 Å². The predicted molar refractivity (Wildman–Crippen MR) is 82.8 cm³/mol. The van der Waals surface area contributed by atoms with Crippen LogP contribution in [0.1, 0.15) is 39.2 Å². The fraction of sp³-hybridized carbons (Fsp3) is 0.562. The van der Waals surface area contributed by atoms with Crippen molar-refractivity contribution in [2.75, 3.05) is 17.2 Å². The molecule has 0 spiro atoms. The van der Waals surface area contributed by atoms with Gasteiger partial charge >= 0.3 is 0 Å². The van der Waals surface area contributed by atoms with Crippen LogP contribution in [0.5, 0.6) is 0 Å². The van der Waals surface area contributed by atoms with Gasteiger partial charge in [0, 0.05) is 17.5 Å². The van der Waals surface area contributed by atoms with E-state index in [1.54, 1.807) is 11.8 Å². The van der Waals surface area contributed by atoms with Gasteiger partial charge in [-0.1, -0.05) is 13.0 Å². The lowest BCUT2D eigenvalue weighted by molar-refractivity contribution is 0.643. The SMILES string of the molecule is CCSc1cccc(N(CC2CC2)C(C)C)c1C#N. The summed E-state index contributed by atoms with van der Waals surface area (Å²) in [6, 6.07) is 9.09. The van der Waals surface area contributed by atoms with Crippen molar-refractivity contribution in [3.8, 4) is 6.07 Å². The highest BCUT2D eigenvalue weighted by Gasteiger charge is 2.27. The van der Waals surface area contributed by atoms with Crippen LogP contribution in [0.3, 0.4) is 0 Å². The molecule has 0 aliphatic heterocycles. The average molecular weight is 274 g/mol. The highest BCUT2D eigenvalue weighted by molar-refractivity contribution is 7.99. The first kappa shape index (κ1) is 14.3. The molecule has 1 fully saturated rings. The van der Waals surface area contributed by atoms with Gasteiger partial charge in [0.15, 0.2) is 0 Å². The van der Waals surface area contributed by atoms with Crippen LogP contribution in [0.15, 0.2) is 23.1 Å². The normalized spacial score (nSPS) is 14.5. The molecule has 0 heterocycles. The van der Waals surface area contributed by atoms with Crippen molar-refractivity contribution in [2.45, 2.75) is 44.6 Å². The number of benzene rings is 1. The van der Waals surface area contributed by atoms with Crippen LogP contribution >= 0.6 is 11.8 Å². The smallest absolute Gasteiger partial charge is 0.103 e. The Balaban J connectivity index is 2.34. The molecule has 0 aromatic heterocycles. The van der Waals surface area contributed by atoms with Crippen molar-refractivity contribution in [1.82, 2.24) is 0 Å². The molecule has 2 nitrogen and oxygen atoms in total. The third-order valence-corrected chi connectivity index (χ3v) is 4.44. The van der Waals surface area contributed by atoms with Crippen molar-refractivity contribution in [2.24, 2.45) is 5.92 Å². The lowest BCUT2D eigenvalue weighted by Gasteiger charge is -2.30. The summed E-state index contributed by atoms with van der Waals surface area (Å²) in [7, 11) is 0. The summed E-state index contributed by atoms with van der Waals surface area (Å²) < 4.78 is 0. The Hall–Kier alpha value is -1.14. The van der Waals surface area contributed by atoms with Crippen LogP contribution in [0.25, 0.3) is 0 Å². The Morgan fingerprint density at radius 3 is 2.68 bits per heavy atom. The van der Waals surface area contributed by atoms with Gasteiger partial charge in [-0.15, -0.1) is 11.8 Å². The summed E-state index contributed by atoms with van der Waals surface area (Å²) in [4.78, 5) is 3.51. The zero-order valence-corrected chi connectivity index (χ0v) is 12.8. The largest absolute Gasteiger partial charge is 0.368 e. The predicted octanol–water partition coefficient (Wildman–Crippen LogP) is 4.30. The zero-order chi connectivity index (χ0) is 13.8. The molecule has 2 rings (SSSR count). The van der Waals surface area contributed by atoms with Crippen molar-refractivity contribution in [3.63, 3.8) is 0 Å². The highest BCUT2D eigenvalue weighted by atomic mass is 32.2. The first-order valence-corrected chi connectivity index (χ1v) is 8.08. The van der Waals surface area contributed by atoms with Crippen LogP contribution in [0.4, 0.5) is 5.69 Å². The second-order valence-corrected chi connectivity index (χ2v) is 6.69.